The third-order valence-corrected chi connectivity index (χ3v) is 2.18. The molecular formula is C14H28O4. The maximum atomic E-state index is 11.6. The molecule has 0 aliphatic carbocycles. The molecule has 1 unspecified atom stereocenters. The standard InChI is InChI=1S/C14H28O4/c1-6-8-9-11-12(15)16-13(10-7-2)17-18-14(3,4)5/h13H,6-11H2,1-5H3. The van der Waals surface area contributed by atoms with E-state index >= 15 is 0 Å². The molecule has 0 fully saturated rings. The molecule has 0 rings (SSSR count). The first-order chi connectivity index (χ1) is 8.39. The molecule has 0 saturated carbocycles. The van der Waals surface area contributed by atoms with Gasteiger partial charge in [0.2, 0.25) is 6.29 Å². The van der Waals surface area contributed by atoms with E-state index in [9.17, 15) is 4.79 Å². The summed E-state index contributed by atoms with van der Waals surface area (Å²) in [5.41, 5.74) is -0.402. The maximum Gasteiger partial charge on any atom is 0.308 e. The van der Waals surface area contributed by atoms with Crippen LogP contribution in [0.4, 0.5) is 0 Å². The second kappa shape index (κ2) is 9.34. The molecule has 108 valence electrons. The molecule has 0 bridgehead atoms. The van der Waals surface area contributed by atoms with Gasteiger partial charge in [0.15, 0.2) is 0 Å². The van der Waals surface area contributed by atoms with Crippen LogP contribution in [-0.2, 0) is 19.3 Å². The van der Waals surface area contributed by atoms with Crippen LogP contribution in [0.15, 0.2) is 0 Å². The maximum absolute atomic E-state index is 11.6. The summed E-state index contributed by atoms with van der Waals surface area (Å²) in [7, 11) is 0. The zero-order valence-corrected chi connectivity index (χ0v) is 12.5. The minimum absolute atomic E-state index is 0.209. The smallest absolute Gasteiger partial charge is 0.308 e. The van der Waals surface area contributed by atoms with E-state index in [-0.39, 0.29) is 5.97 Å². The molecule has 0 aliphatic heterocycles. The van der Waals surface area contributed by atoms with Gasteiger partial charge >= 0.3 is 5.97 Å². The Hall–Kier alpha value is -0.610. The lowest BCUT2D eigenvalue weighted by Crippen LogP contribution is -2.27. The summed E-state index contributed by atoms with van der Waals surface area (Å²) in [5, 5.41) is 0. The fourth-order valence-electron chi connectivity index (χ4n) is 1.29. The van der Waals surface area contributed by atoms with Crippen LogP contribution in [0, 0.1) is 0 Å². The first kappa shape index (κ1) is 17.4. The largest absolute Gasteiger partial charge is 0.433 e. The van der Waals surface area contributed by atoms with E-state index in [2.05, 4.69) is 6.92 Å². The van der Waals surface area contributed by atoms with Crippen molar-refractivity contribution in [2.45, 2.75) is 85.0 Å². The van der Waals surface area contributed by atoms with Crippen molar-refractivity contribution in [3.63, 3.8) is 0 Å². The predicted molar refractivity (Wildman–Crippen MR) is 70.9 cm³/mol. The Morgan fingerprint density at radius 1 is 1.11 bits per heavy atom. The zero-order valence-electron chi connectivity index (χ0n) is 12.5. The predicted octanol–water partition coefficient (Wildman–Crippen LogP) is 3.98. The number of rotatable bonds is 9. The molecule has 0 aliphatic rings. The average molecular weight is 260 g/mol. The van der Waals surface area contributed by atoms with E-state index in [1.54, 1.807) is 0 Å². The number of carbonyl (C=O) groups excluding carboxylic acids is 1. The Labute approximate surface area is 111 Å². The van der Waals surface area contributed by atoms with Crippen LogP contribution in [0.25, 0.3) is 0 Å². The van der Waals surface area contributed by atoms with Gasteiger partial charge in [0, 0.05) is 12.8 Å². The lowest BCUT2D eigenvalue weighted by Gasteiger charge is -2.22. The molecule has 0 amide bonds. The summed E-state index contributed by atoms with van der Waals surface area (Å²) >= 11 is 0. The second-order valence-corrected chi connectivity index (χ2v) is 5.46. The highest BCUT2D eigenvalue weighted by Crippen LogP contribution is 2.14. The molecule has 4 nitrogen and oxygen atoms in total. The topological polar surface area (TPSA) is 44.8 Å². The molecule has 0 aromatic carbocycles. The van der Waals surface area contributed by atoms with Crippen LogP contribution < -0.4 is 0 Å². The fraction of sp³-hybridized carbons (Fsp3) is 0.929. The Kier molecular flexibility index (Phi) is 9.02. The van der Waals surface area contributed by atoms with Crippen LogP contribution in [0.5, 0.6) is 0 Å². The zero-order chi connectivity index (χ0) is 14.0. The van der Waals surface area contributed by atoms with E-state index in [1.807, 2.05) is 27.7 Å². The van der Waals surface area contributed by atoms with Crippen molar-refractivity contribution in [1.82, 2.24) is 0 Å². The van der Waals surface area contributed by atoms with E-state index in [0.29, 0.717) is 12.8 Å². The van der Waals surface area contributed by atoms with Crippen LogP contribution in [0.3, 0.4) is 0 Å². The van der Waals surface area contributed by atoms with Gasteiger partial charge in [-0.3, -0.25) is 4.79 Å². The lowest BCUT2D eigenvalue weighted by atomic mass is 10.2. The number of ether oxygens (including phenoxy) is 1. The first-order valence-corrected chi connectivity index (χ1v) is 6.93. The van der Waals surface area contributed by atoms with Gasteiger partial charge in [-0.05, 0) is 27.2 Å². The van der Waals surface area contributed by atoms with Crippen LogP contribution in [0.2, 0.25) is 0 Å². The Morgan fingerprint density at radius 3 is 2.28 bits per heavy atom. The molecule has 0 N–H and O–H groups in total. The van der Waals surface area contributed by atoms with Crippen molar-refractivity contribution in [2.24, 2.45) is 0 Å². The third-order valence-electron chi connectivity index (χ3n) is 2.18. The molecule has 1 atom stereocenters. The molecule has 0 radical (unpaired) electrons. The van der Waals surface area contributed by atoms with Gasteiger partial charge in [-0.2, -0.15) is 4.89 Å². The number of esters is 1. The molecule has 4 heteroatoms. The van der Waals surface area contributed by atoms with E-state index < -0.39 is 11.9 Å². The van der Waals surface area contributed by atoms with Crippen molar-refractivity contribution >= 4 is 5.97 Å². The van der Waals surface area contributed by atoms with Crippen LogP contribution in [0.1, 0.15) is 73.1 Å². The van der Waals surface area contributed by atoms with Gasteiger partial charge < -0.3 is 4.74 Å². The van der Waals surface area contributed by atoms with Crippen molar-refractivity contribution in [2.75, 3.05) is 0 Å². The number of hydrogen-bond acceptors (Lipinski definition) is 4. The molecule has 0 spiro atoms. The summed E-state index contributed by atoms with van der Waals surface area (Å²) in [6.07, 6.45) is 4.39. The number of unbranched alkanes of at least 4 members (excludes halogenated alkanes) is 2. The Balaban J connectivity index is 3.98. The van der Waals surface area contributed by atoms with E-state index in [4.69, 9.17) is 14.5 Å². The summed E-state index contributed by atoms with van der Waals surface area (Å²) < 4.78 is 5.25. The van der Waals surface area contributed by atoms with Gasteiger partial charge in [0.25, 0.3) is 0 Å². The highest BCUT2D eigenvalue weighted by Gasteiger charge is 2.19. The summed E-state index contributed by atoms with van der Waals surface area (Å²) in [6.45, 7) is 9.78. The third kappa shape index (κ3) is 10.5. The van der Waals surface area contributed by atoms with Crippen molar-refractivity contribution in [1.29, 1.82) is 0 Å². The SMILES string of the molecule is CCCCCC(=O)OC(CCC)OOC(C)(C)C. The second-order valence-electron chi connectivity index (χ2n) is 5.46. The Bertz CT molecular complexity index is 220. The average Bonchev–Trinajstić information content (AvgIpc) is 2.25. The van der Waals surface area contributed by atoms with Gasteiger partial charge in [-0.15, -0.1) is 0 Å². The molecule has 0 heterocycles. The monoisotopic (exact) mass is 260 g/mol. The summed E-state index contributed by atoms with van der Waals surface area (Å²) in [5.74, 6) is -0.209. The van der Waals surface area contributed by atoms with E-state index in [0.717, 1.165) is 25.7 Å². The molecular weight excluding hydrogens is 232 g/mol. The Morgan fingerprint density at radius 2 is 1.78 bits per heavy atom. The molecule has 0 aromatic heterocycles. The van der Waals surface area contributed by atoms with E-state index in [1.165, 1.54) is 0 Å². The van der Waals surface area contributed by atoms with Crippen molar-refractivity contribution < 1.29 is 19.3 Å². The number of carbonyl (C=O) groups is 1. The van der Waals surface area contributed by atoms with Gasteiger partial charge in [0.05, 0.1) is 5.60 Å². The van der Waals surface area contributed by atoms with Crippen LogP contribution in [-0.4, -0.2) is 17.9 Å². The minimum atomic E-state index is -0.594. The van der Waals surface area contributed by atoms with Gasteiger partial charge in [-0.1, -0.05) is 33.1 Å². The quantitative estimate of drug-likeness (QED) is 0.207. The van der Waals surface area contributed by atoms with Gasteiger partial charge in [-0.25, -0.2) is 4.89 Å². The van der Waals surface area contributed by atoms with Gasteiger partial charge in [0.1, 0.15) is 0 Å². The number of hydrogen-bond donors (Lipinski definition) is 0. The molecule has 18 heavy (non-hydrogen) atoms. The van der Waals surface area contributed by atoms with Crippen LogP contribution >= 0.6 is 0 Å². The molecule has 0 aromatic rings. The first-order valence-electron chi connectivity index (χ1n) is 6.93. The molecule has 0 saturated heterocycles. The minimum Gasteiger partial charge on any atom is -0.433 e. The normalized spacial score (nSPS) is 13.4. The summed E-state index contributed by atoms with van der Waals surface area (Å²) in [6, 6.07) is 0. The van der Waals surface area contributed by atoms with Crippen molar-refractivity contribution in [3.8, 4) is 0 Å². The summed E-state index contributed by atoms with van der Waals surface area (Å²) in [4.78, 5) is 21.9. The lowest BCUT2D eigenvalue weighted by molar-refractivity contribution is -0.410. The highest BCUT2D eigenvalue weighted by molar-refractivity contribution is 5.69. The van der Waals surface area contributed by atoms with Crippen molar-refractivity contribution in [3.05, 3.63) is 0 Å². The fourth-order valence-corrected chi connectivity index (χ4v) is 1.29. The highest BCUT2D eigenvalue weighted by atomic mass is 17.2.